The number of hydrogen-bond acceptors (Lipinski definition) is 4. The molecule has 2 aromatic carbocycles. The first-order chi connectivity index (χ1) is 12.6. The van der Waals surface area contributed by atoms with Crippen LogP contribution in [0.3, 0.4) is 0 Å². The van der Waals surface area contributed by atoms with Gasteiger partial charge >= 0.3 is 6.18 Å². The Hall–Kier alpha value is -2.54. The van der Waals surface area contributed by atoms with Crippen LogP contribution in [0.5, 0.6) is 11.5 Å². The molecule has 7 heteroatoms. The number of aryl methyl sites for hydroxylation is 1. The first-order valence-electron chi connectivity index (χ1n) is 8.44. The Kier molecular flexibility index (Phi) is 6.15. The molecule has 2 rings (SSSR count). The molecule has 0 unspecified atom stereocenters. The van der Waals surface area contributed by atoms with Gasteiger partial charge in [-0.3, -0.25) is 4.79 Å². The highest BCUT2D eigenvalue weighted by atomic mass is 19.4. The molecule has 0 atom stereocenters. The van der Waals surface area contributed by atoms with E-state index >= 15 is 0 Å². The minimum Gasteiger partial charge on any atom is -0.506 e. The van der Waals surface area contributed by atoms with Crippen LogP contribution in [-0.2, 0) is 19.3 Å². The van der Waals surface area contributed by atoms with E-state index in [-0.39, 0.29) is 12.2 Å². The van der Waals surface area contributed by atoms with E-state index in [1.54, 1.807) is 32.0 Å². The standard InChI is InChI=1S/C20H22F3NO3/c1-11(2)18(25)15-6-7-16(17(19(15)26)20(21,22)23)27-10-13-4-5-14(9-24)12(3)8-13/h4-8,11,26H,9-10,24H2,1-3H3. The maximum atomic E-state index is 13.5. The second-order valence-corrected chi connectivity index (χ2v) is 6.61. The molecule has 0 spiro atoms. The van der Waals surface area contributed by atoms with Crippen LogP contribution in [0.25, 0.3) is 0 Å². The lowest BCUT2D eigenvalue weighted by molar-refractivity contribution is -0.140. The van der Waals surface area contributed by atoms with Gasteiger partial charge in [0.2, 0.25) is 0 Å². The number of aromatic hydroxyl groups is 1. The molecule has 0 aromatic heterocycles. The number of carbonyl (C=O) groups is 1. The topological polar surface area (TPSA) is 72.5 Å². The van der Waals surface area contributed by atoms with E-state index in [1.807, 2.05) is 6.92 Å². The number of benzene rings is 2. The molecule has 0 aliphatic carbocycles. The van der Waals surface area contributed by atoms with E-state index < -0.39 is 34.9 Å². The van der Waals surface area contributed by atoms with Crippen molar-refractivity contribution in [3.63, 3.8) is 0 Å². The van der Waals surface area contributed by atoms with Gasteiger partial charge in [0.05, 0.1) is 5.56 Å². The van der Waals surface area contributed by atoms with E-state index in [9.17, 15) is 23.1 Å². The summed E-state index contributed by atoms with van der Waals surface area (Å²) in [6, 6.07) is 7.52. The van der Waals surface area contributed by atoms with E-state index in [4.69, 9.17) is 10.5 Å². The van der Waals surface area contributed by atoms with Crippen molar-refractivity contribution in [2.75, 3.05) is 0 Å². The third-order valence-corrected chi connectivity index (χ3v) is 4.23. The zero-order valence-electron chi connectivity index (χ0n) is 15.4. The van der Waals surface area contributed by atoms with Crippen LogP contribution in [0.4, 0.5) is 13.2 Å². The number of ketones is 1. The third kappa shape index (κ3) is 4.60. The molecule has 0 saturated heterocycles. The summed E-state index contributed by atoms with van der Waals surface area (Å²) in [7, 11) is 0. The van der Waals surface area contributed by atoms with Crippen molar-refractivity contribution in [3.8, 4) is 11.5 Å². The van der Waals surface area contributed by atoms with Crippen molar-refractivity contribution < 1.29 is 27.8 Å². The molecule has 0 fully saturated rings. The minimum absolute atomic E-state index is 0.119. The van der Waals surface area contributed by atoms with Crippen LogP contribution in [0.2, 0.25) is 0 Å². The number of alkyl halides is 3. The van der Waals surface area contributed by atoms with Crippen molar-refractivity contribution in [2.45, 2.75) is 40.1 Å². The number of phenols is 1. The van der Waals surface area contributed by atoms with E-state index in [0.29, 0.717) is 12.1 Å². The lowest BCUT2D eigenvalue weighted by Gasteiger charge is -2.18. The first kappa shape index (κ1) is 20.8. The molecule has 27 heavy (non-hydrogen) atoms. The average molecular weight is 381 g/mol. The van der Waals surface area contributed by atoms with Crippen LogP contribution >= 0.6 is 0 Å². The fourth-order valence-electron chi connectivity index (χ4n) is 2.71. The summed E-state index contributed by atoms with van der Waals surface area (Å²) in [5.41, 5.74) is 6.40. The molecule has 2 aromatic rings. The molecule has 0 radical (unpaired) electrons. The smallest absolute Gasteiger partial charge is 0.423 e. The average Bonchev–Trinajstić information content (AvgIpc) is 2.58. The Morgan fingerprint density at radius 2 is 1.89 bits per heavy atom. The largest absolute Gasteiger partial charge is 0.506 e. The highest BCUT2D eigenvalue weighted by molar-refractivity contribution is 6.00. The van der Waals surface area contributed by atoms with Gasteiger partial charge in [-0.25, -0.2) is 0 Å². The summed E-state index contributed by atoms with van der Waals surface area (Å²) < 4.78 is 45.8. The van der Waals surface area contributed by atoms with E-state index in [0.717, 1.165) is 23.3 Å². The third-order valence-electron chi connectivity index (χ3n) is 4.23. The summed E-state index contributed by atoms with van der Waals surface area (Å²) in [6.45, 7) is 5.20. The Balaban J connectivity index is 2.37. The number of halogens is 3. The SMILES string of the molecule is Cc1cc(COc2ccc(C(=O)C(C)C)c(O)c2C(F)(F)F)ccc1CN. The molecule has 0 bridgehead atoms. The number of rotatable bonds is 6. The van der Waals surface area contributed by atoms with Crippen molar-refractivity contribution in [1.29, 1.82) is 0 Å². The predicted octanol–water partition coefficient (Wildman–Crippen LogP) is 4.60. The van der Waals surface area contributed by atoms with Crippen molar-refractivity contribution in [2.24, 2.45) is 11.7 Å². The zero-order chi connectivity index (χ0) is 20.4. The fourth-order valence-corrected chi connectivity index (χ4v) is 2.71. The maximum Gasteiger partial charge on any atom is 0.423 e. The first-order valence-corrected chi connectivity index (χ1v) is 8.44. The quantitative estimate of drug-likeness (QED) is 0.718. The van der Waals surface area contributed by atoms with Gasteiger partial charge in [0, 0.05) is 12.5 Å². The number of phenolic OH excluding ortho intramolecular Hbond substituents is 1. The van der Waals surface area contributed by atoms with Crippen LogP contribution in [0.1, 0.15) is 46.5 Å². The second kappa shape index (κ2) is 8.00. The van der Waals surface area contributed by atoms with Gasteiger partial charge in [-0.15, -0.1) is 0 Å². The van der Waals surface area contributed by atoms with Crippen molar-refractivity contribution >= 4 is 5.78 Å². The minimum atomic E-state index is -4.87. The molecule has 0 amide bonds. The van der Waals surface area contributed by atoms with Gasteiger partial charge in [0.15, 0.2) is 5.78 Å². The molecule has 4 nitrogen and oxygen atoms in total. The molecule has 3 N–H and O–H groups in total. The molecule has 0 saturated carbocycles. The summed E-state index contributed by atoms with van der Waals surface area (Å²) in [6.07, 6.45) is -4.87. The Morgan fingerprint density at radius 1 is 1.22 bits per heavy atom. The fraction of sp³-hybridized carbons (Fsp3) is 0.350. The summed E-state index contributed by atoms with van der Waals surface area (Å²) in [5, 5.41) is 10.1. The number of ether oxygens (including phenoxy) is 1. The Morgan fingerprint density at radius 3 is 2.41 bits per heavy atom. The molecular formula is C20H22F3NO3. The van der Waals surface area contributed by atoms with Crippen LogP contribution in [-0.4, -0.2) is 10.9 Å². The predicted molar refractivity (Wildman–Crippen MR) is 95.7 cm³/mol. The molecular weight excluding hydrogens is 359 g/mol. The molecule has 0 aliphatic rings. The second-order valence-electron chi connectivity index (χ2n) is 6.61. The summed E-state index contributed by atoms with van der Waals surface area (Å²) in [4.78, 5) is 12.1. The Labute approximate surface area is 155 Å². The van der Waals surface area contributed by atoms with Gasteiger partial charge in [-0.1, -0.05) is 32.0 Å². The van der Waals surface area contributed by atoms with Crippen LogP contribution in [0, 0.1) is 12.8 Å². The van der Waals surface area contributed by atoms with E-state index in [2.05, 4.69) is 0 Å². The molecule has 0 aliphatic heterocycles. The normalized spacial score (nSPS) is 11.7. The van der Waals surface area contributed by atoms with Crippen molar-refractivity contribution in [3.05, 3.63) is 58.1 Å². The summed E-state index contributed by atoms with van der Waals surface area (Å²) in [5.74, 6) is -2.75. The monoisotopic (exact) mass is 381 g/mol. The Bertz CT molecular complexity index is 845. The number of carbonyl (C=O) groups excluding carboxylic acids is 1. The molecule has 0 heterocycles. The van der Waals surface area contributed by atoms with Crippen LogP contribution in [0.15, 0.2) is 30.3 Å². The summed E-state index contributed by atoms with van der Waals surface area (Å²) >= 11 is 0. The highest BCUT2D eigenvalue weighted by Crippen LogP contribution is 2.44. The van der Waals surface area contributed by atoms with Gasteiger partial charge in [0.1, 0.15) is 23.7 Å². The lowest BCUT2D eigenvalue weighted by atomic mass is 9.97. The maximum absolute atomic E-state index is 13.5. The number of nitrogens with two attached hydrogens (primary N) is 1. The number of hydrogen-bond donors (Lipinski definition) is 2. The number of Topliss-reactive ketones (excluding diaryl/α,β-unsaturated/α-hetero) is 1. The van der Waals surface area contributed by atoms with Gasteiger partial charge in [-0.2, -0.15) is 13.2 Å². The van der Waals surface area contributed by atoms with Gasteiger partial charge < -0.3 is 15.6 Å². The van der Waals surface area contributed by atoms with Crippen molar-refractivity contribution in [1.82, 2.24) is 0 Å². The van der Waals surface area contributed by atoms with Gasteiger partial charge in [0.25, 0.3) is 0 Å². The zero-order valence-corrected chi connectivity index (χ0v) is 15.4. The van der Waals surface area contributed by atoms with Crippen LogP contribution < -0.4 is 10.5 Å². The lowest BCUT2D eigenvalue weighted by Crippen LogP contribution is -2.14. The highest BCUT2D eigenvalue weighted by Gasteiger charge is 2.39. The molecule has 146 valence electrons. The van der Waals surface area contributed by atoms with Gasteiger partial charge in [-0.05, 0) is 35.7 Å². The van der Waals surface area contributed by atoms with E-state index in [1.165, 1.54) is 0 Å².